The second kappa shape index (κ2) is 5.80. The van der Waals surface area contributed by atoms with Crippen LogP contribution in [-0.4, -0.2) is 29.7 Å². The van der Waals surface area contributed by atoms with Crippen molar-refractivity contribution in [3.05, 3.63) is 30.1 Å². The zero-order chi connectivity index (χ0) is 12.1. The number of aromatic nitrogens is 2. The Labute approximate surface area is 101 Å². The molecule has 0 spiro atoms. The molecule has 0 saturated carbocycles. The molecule has 2 N–H and O–H groups in total. The molecule has 0 aliphatic carbocycles. The van der Waals surface area contributed by atoms with E-state index in [0.29, 0.717) is 6.04 Å². The topological polar surface area (TPSA) is 49.9 Å². The number of ether oxygens (including phenoxy) is 1. The minimum Gasteiger partial charge on any atom is -0.385 e. The smallest absolute Gasteiger partial charge is 0.137 e. The molecular weight excluding hydrogens is 214 g/mol. The van der Waals surface area contributed by atoms with Crippen LogP contribution < -0.4 is 5.32 Å². The van der Waals surface area contributed by atoms with Crippen molar-refractivity contribution >= 4 is 11.0 Å². The predicted molar refractivity (Wildman–Crippen MR) is 68.9 cm³/mol. The summed E-state index contributed by atoms with van der Waals surface area (Å²) in [6, 6.07) is 4.51. The van der Waals surface area contributed by atoms with Gasteiger partial charge >= 0.3 is 0 Å². The second-order valence-electron chi connectivity index (χ2n) is 4.28. The molecule has 1 atom stereocenters. The van der Waals surface area contributed by atoms with Crippen molar-refractivity contribution in [1.82, 2.24) is 15.3 Å². The van der Waals surface area contributed by atoms with E-state index in [0.717, 1.165) is 25.2 Å². The number of pyridine rings is 1. The zero-order valence-electron chi connectivity index (χ0n) is 10.4. The number of rotatable bonds is 6. The first kappa shape index (κ1) is 12.1. The van der Waals surface area contributed by atoms with Crippen LogP contribution >= 0.6 is 0 Å². The average molecular weight is 233 g/mol. The van der Waals surface area contributed by atoms with Crippen molar-refractivity contribution in [2.24, 2.45) is 0 Å². The van der Waals surface area contributed by atoms with E-state index in [4.69, 9.17) is 4.74 Å². The van der Waals surface area contributed by atoms with E-state index in [9.17, 15) is 0 Å². The van der Waals surface area contributed by atoms with Gasteiger partial charge in [-0.2, -0.15) is 0 Å². The Morgan fingerprint density at radius 2 is 2.41 bits per heavy atom. The van der Waals surface area contributed by atoms with Crippen LogP contribution in [0.1, 0.15) is 18.9 Å². The lowest BCUT2D eigenvalue weighted by molar-refractivity contribution is 0.184. The van der Waals surface area contributed by atoms with Gasteiger partial charge in [0, 0.05) is 44.1 Å². The molecule has 1 unspecified atom stereocenters. The van der Waals surface area contributed by atoms with Gasteiger partial charge in [0.25, 0.3) is 0 Å². The molecule has 2 aromatic rings. The van der Waals surface area contributed by atoms with Crippen LogP contribution in [0.15, 0.2) is 24.5 Å². The van der Waals surface area contributed by atoms with Gasteiger partial charge in [-0.15, -0.1) is 0 Å². The van der Waals surface area contributed by atoms with E-state index in [1.807, 2.05) is 12.3 Å². The monoisotopic (exact) mass is 233 g/mol. The number of nitrogens with one attached hydrogen (secondary N) is 2. The Kier molecular flexibility index (Phi) is 4.12. The summed E-state index contributed by atoms with van der Waals surface area (Å²) in [6.45, 7) is 3.83. The van der Waals surface area contributed by atoms with Crippen LogP contribution in [0.2, 0.25) is 0 Å². The van der Waals surface area contributed by atoms with Crippen molar-refractivity contribution < 1.29 is 4.74 Å². The zero-order valence-corrected chi connectivity index (χ0v) is 10.4. The third-order valence-electron chi connectivity index (χ3n) is 2.93. The summed E-state index contributed by atoms with van der Waals surface area (Å²) in [7, 11) is 1.73. The summed E-state index contributed by atoms with van der Waals surface area (Å²) in [5, 5.41) is 4.68. The van der Waals surface area contributed by atoms with Gasteiger partial charge < -0.3 is 15.0 Å². The third-order valence-corrected chi connectivity index (χ3v) is 2.93. The van der Waals surface area contributed by atoms with Crippen LogP contribution in [0.25, 0.3) is 11.0 Å². The maximum Gasteiger partial charge on any atom is 0.137 e. The Balaban J connectivity index is 1.95. The number of hydrogen-bond acceptors (Lipinski definition) is 3. The molecule has 0 fully saturated rings. The highest BCUT2D eigenvalue weighted by atomic mass is 16.5. The Bertz CT molecular complexity index is 466. The summed E-state index contributed by atoms with van der Waals surface area (Å²) < 4.78 is 5.06. The predicted octanol–water partition coefficient (Wildman–Crippen LogP) is 2.08. The molecule has 92 valence electrons. The fraction of sp³-hybridized carbons (Fsp3) is 0.462. The Morgan fingerprint density at radius 3 is 3.24 bits per heavy atom. The van der Waals surface area contributed by atoms with Crippen LogP contribution in [0, 0.1) is 0 Å². The highest BCUT2D eigenvalue weighted by molar-refractivity contribution is 5.79. The fourth-order valence-electron chi connectivity index (χ4n) is 1.84. The maximum absolute atomic E-state index is 5.06. The van der Waals surface area contributed by atoms with Crippen LogP contribution in [0.5, 0.6) is 0 Å². The minimum absolute atomic E-state index is 0.455. The number of hydrogen-bond donors (Lipinski definition) is 2. The van der Waals surface area contributed by atoms with Gasteiger partial charge in [0.05, 0.1) is 0 Å². The van der Waals surface area contributed by atoms with Crippen LogP contribution in [-0.2, 0) is 11.3 Å². The van der Waals surface area contributed by atoms with E-state index >= 15 is 0 Å². The van der Waals surface area contributed by atoms with E-state index in [1.54, 1.807) is 13.3 Å². The molecule has 2 rings (SSSR count). The van der Waals surface area contributed by atoms with Gasteiger partial charge in [0.1, 0.15) is 5.65 Å². The molecule has 4 nitrogen and oxygen atoms in total. The number of fused-ring (bicyclic) bond motifs is 1. The molecular formula is C13H19N3O. The van der Waals surface area contributed by atoms with Gasteiger partial charge in [-0.3, -0.25) is 0 Å². The second-order valence-corrected chi connectivity index (χ2v) is 4.28. The molecule has 17 heavy (non-hydrogen) atoms. The molecule has 2 heterocycles. The highest BCUT2D eigenvalue weighted by Crippen LogP contribution is 2.15. The maximum atomic E-state index is 5.06. The van der Waals surface area contributed by atoms with E-state index in [1.165, 1.54) is 10.9 Å². The van der Waals surface area contributed by atoms with Gasteiger partial charge in [-0.05, 0) is 31.0 Å². The fourth-order valence-corrected chi connectivity index (χ4v) is 1.84. The molecule has 0 amide bonds. The summed E-state index contributed by atoms with van der Waals surface area (Å²) in [4.78, 5) is 7.45. The van der Waals surface area contributed by atoms with Gasteiger partial charge in [0.2, 0.25) is 0 Å². The third kappa shape index (κ3) is 3.05. The lowest BCUT2D eigenvalue weighted by Gasteiger charge is -2.12. The normalized spacial score (nSPS) is 13.1. The summed E-state index contributed by atoms with van der Waals surface area (Å²) in [5.41, 5.74) is 2.21. The van der Waals surface area contributed by atoms with Gasteiger partial charge in [0.15, 0.2) is 0 Å². The number of aromatic amines is 1. The molecule has 0 bridgehead atoms. The first-order chi connectivity index (χ1) is 8.31. The Morgan fingerprint density at radius 1 is 1.53 bits per heavy atom. The van der Waals surface area contributed by atoms with Crippen molar-refractivity contribution in [2.75, 3.05) is 13.7 Å². The first-order valence-electron chi connectivity index (χ1n) is 5.94. The van der Waals surface area contributed by atoms with Crippen molar-refractivity contribution in [1.29, 1.82) is 0 Å². The van der Waals surface area contributed by atoms with Crippen LogP contribution in [0.3, 0.4) is 0 Å². The average Bonchev–Trinajstić information content (AvgIpc) is 2.77. The lowest BCUT2D eigenvalue weighted by atomic mass is 10.2. The van der Waals surface area contributed by atoms with Gasteiger partial charge in [-0.1, -0.05) is 0 Å². The summed E-state index contributed by atoms with van der Waals surface area (Å²) in [6.07, 6.45) is 4.85. The molecule has 0 saturated heterocycles. The quantitative estimate of drug-likeness (QED) is 0.803. The minimum atomic E-state index is 0.455. The molecule has 2 aromatic heterocycles. The Hall–Kier alpha value is -1.39. The number of methoxy groups -OCH3 is 1. The van der Waals surface area contributed by atoms with Crippen molar-refractivity contribution in [3.63, 3.8) is 0 Å². The molecule has 0 aliphatic rings. The van der Waals surface area contributed by atoms with Gasteiger partial charge in [-0.25, -0.2) is 4.98 Å². The van der Waals surface area contributed by atoms with Crippen molar-refractivity contribution in [3.8, 4) is 0 Å². The summed E-state index contributed by atoms with van der Waals surface area (Å²) in [5.74, 6) is 0. The molecule has 0 radical (unpaired) electrons. The number of H-pyrrole nitrogens is 1. The van der Waals surface area contributed by atoms with Crippen molar-refractivity contribution in [2.45, 2.75) is 25.9 Å². The standard InChI is InChI=1S/C13H19N3O/c1-10(5-7-17-2)15-8-11-9-16-13-12(11)4-3-6-14-13/h3-4,6,9-10,15H,5,7-8H2,1-2H3,(H,14,16). The van der Waals surface area contributed by atoms with E-state index in [2.05, 4.69) is 28.3 Å². The largest absolute Gasteiger partial charge is 0.385 e. The van der Waals surface area contributed by atoms with E-state index in [-0.39, 0.29) is 0 Å². The molecule has 0 aliphatic heterocycles. The first-order valence-corrected chi connectivity index (χ1v) is 5.94. The van der Waals surface area contributed by atoms with Crippen LogP contribution in [0.4, 0.5) is 0 Å². The summed E-state index contributed by atoms with van der Waals surface area (Å²) >= 11 is 0. The van der Waals surface area contributed by atoms with E-state index < -0.39 is 0 Å². The highest BCUT2D eigenvalue weighted by Gasteiger charge is 2.05. The molecule has 4 heteroatoms. The number of nitrogens with zero attached hydrogens (tertiary/aromatic N) is 1. The lowest BCUT2D eigenvalue weighted by Crippen LogP contribution is -2.26. The SMILES string of the molecule is COCCC(C)NCc1c[nH]c2ncccc12. The molecule has 0 aromatic carbocycles.